The maximum atomic E-state index is 11.5. The lowest BCUT2D eigenvalue weighted by Gasteiger charge is -2.07. The van der Waals surface area contributed by atoms with E-state index in [9.17, 15) is 9.59 Å². The minimum Gasteiger partial charge on any atom is -0.354 e. The lowest BCUT2D eigenvalue weighted by molar-refractivity contribution is -0.127. The molecular formula is C11H18N2O2. The van der Waals surface area contributed by atoms with Crippen LogP contribution in [0.5, 0.6) is 0 Å². The highest BCUT2D eigenvalue weighted by Crippen LogP contribution is 2.38. The average molecular weight is 210 g/mol. The smallest absolute Gasteiger partial charge is 0.224 e. The summed E-state index contributed by atoms with van der Waals surface area (Å²) in [7, 11) is 0. The molecule has 4 nitrogen and oxygen atoms in total. The molecule has 0 bridgehead atoms. The van der Waals surface area contributed by atoms with Crippen LogP contribution in [-0.2, 0) is 9.59 Å². The van der Waals surface area contributed by atoms with Crippen molar-refractivity contribution in [3.8, 4) is 0 Å². The van der Waals surface area contributed by atoms with Gasteiger partial charge in [0.2, 0.25) is 11.8 Å². The number of carbonyl (C=O) groups excluding carboxylic acids is 2. The summed E-state index contributed by atoms with van der Waals surface area (Å²) in [6.07, 6.45) is 2.30. The molecule has 2 amide bonds. The Morgan fingerprint density at radius 3 is 2.53 bits per heavy atom. The molecule has 0 aromatic rings. The van der Waals surface area contributed by atoms with Crippen molar-refractivity contribution in [3.63, 3.8) is 0 Å². The first kappa shape index (κ1) is 11.8. The normalized spacial score (nSPS) is 23.4. The van der Waals surface area contributed by atoms with Gasteiger partial charge in [-0.05, 0) is 20.3 Å². The highest BCUT2D eigenvalue weighted by molar-refractivity contribution is 5.92. The maximum absolute atomic E-state index is 11.5. The molecule has 0 aromatic carbocycles. The molecule has 0 aromatic heterocycles. The number of nitrogens with one attached hydrogen (secondary N) is 2. The second-order valence-electron chi connectivity index (χ2n) is 4.15. The van der Waals surface area contributed by atoms with Crippen LogP contribution >= 0.6 is 0 Å². The van der Waals surface area contributed by atoms with E-state index in [1.165, 1.54) is 0 Å². The van der Waals surface area contributed by atoms with Crippen LogP contribution in [0.25, 0.3) is 0 Å². The van der Waals surface area contributed by atoms with E-state index in [1.54, 1.807) is 6.08 Å². The van der Waals surface area contributed by atoms with Crippen molar-refractivity contribution in [3.05, 3.63) is 12.7 Å². The van der Waals surface area contributed by atoms with Gasteiger partial charge in [-0.1, -0.05) is 6.08 Å². The van der Waals surface area contributed by atoms with Crippen LogP contribution in [0.3, 0.4) is 0 Å². The van der Waals surface area contributed by atoms with Gasteiger partial charge in [0.1, 0.15) is 0 Å². The molecule has 2 unspecified atom stereocenters. The molecular weight excluding hydrogens is 192 g/mol. The van der Waals surface area contributed by atoms with Crippen molar-refractivity contribution in [1.82, 2.24) is 10.6 Å². The fraction of sp³-hybridized carbons (Fsp3) is 0.636. The predicted octanol–water partition coefficient (Wildman–Crippen LogP) is 0.449. The zero-order chi connectivity index (χ0) is 11.4. The van der Waals surface area contributed by atoms with Crippen LogP contribution < -0.4 is 10.6 Å². The first-order chi connectivity index (χ1) is 7.06. The van der Waals surface area contributed by atoms with E-state index in [-0.39, 0.29) is 29.7 Å². The first-order valence-electron chi connectivity index (χ1n) is 5.25. The van der Waals surface area contributed by atoms with Crippen LogP contribution in [0.15, 0.2) is 12.7 Å². The van der Waals surface area contributed by atoms with Crippen LogP contribution in [-0.4, -0.2) is 24.4 Å². The molecule has 0 heterocycles. The molecule has 1 saturated carbocycles. The molecule has 2 atom stereocenters. The van der Waals surface area contributed by atoms with Crippen LogP contribution in [0.1, 0.15) is 20.3 Å². The van der Waals surface area contributed by atoms with Crippen molar-refractivity contribution in [1.29, 1.82) is 0 Å². The Morgan fingerprint density at radius 1 is 1.40 bits per heavy atom. The number of rotatable bonds is 5. The highest BCUT2D eigenvalue weighted by atomic mass is 16.2. The lowest BCUT2D eigenvalue weighted by atomic mass is 10.2. The van der Waals surface area contributed by atoms with E-state index in [2.05, 4.69) is 17.2 Å². The third-order valence-corrected chi connectivity index (χ3v) is 2.32. The van der Waals surface area contributed by atoms with Crippen molar-refractivity contribution < 1.29 is 9.59 Å². The fourth-order valence-electron chi connectivity index (χ4n) is 1.47. The third-order valence-electron chi connectivity index (χ3n) is 2.32. The van der Waals surface area contributed by atoms with Gasteiger partial charge in [0.25, 0.3) is 0 Å². The Kier molecular flexibility index (Phi) is 3.88. The molecule has 84 valence electrons. The minimum atomic E-state index is -0.135. The van der Waals surface area contributed by atoms with Crippen LogP contribution in [0, 0.1) is 11.8 Å². The summed E-state index contributed by atoms with van der Waals surface area (Å²) in [4.78, 5) is 22.9. The summed E-state index contributed by atoms with van der Waals surface area (Å²) in [5.41, 5.74) is 0. The Morgan fingerprint density at radius 2 is 2.00 bits per heavy atom. The van der Waals surface area contributed by atoms with Gasteiger partial charge < -0.3 is 10.6 Å². The monoisotopic (exact) mass is 210 g/mol. The molecule has 0 aliphatic heterocycles. The lowest BCUT2D eigenvalue weighted by Crippen LogP contribution is -2.33. The Balaban J connectivity index is 2.30. The van der Waals surface area contributed by atoms with E-state index in [4.69, 9.17) is 0 Å². The molecule has 0 radical (unpaired) electrons. The summed E-state index contributed by atoms with van der Waals surface area (Å²) >= 11 is 0. The molecule has 1 fully saturated rings. The van der Waals surface area contributed by atoms with Crippen LogP contribution in [0.2, 0.25) is 0 Å². The summed E-state index contributed by atoms with van der Waals surface area (Å²) in [6.45, 7) is 7.80. The molecule has 1 aliphatic carbocycles. The zero-order valence-corrected chi connectivity index (χ0v) is 9.25. The van der Waals surface area contributed by atoms with E-state index in [0.717, 1.165) is 0 Å². The quantitative estimate of drug-likeness (QED) is 0.647. The maximum Gasteiger partial charge on any atom is 0.224 e. The summed E-state index contributed by atoms with van der Waals surface area (Å²) in [6, 6.07) is 0.134. The Bertz CT molecular complexity index is 274. The summed E-state index contributed by atoms with van der Waals surface area (Å²) in [5.74, 6) is -0.316. The number of amides is 2. The van der Waals surface area contributed by atoms with Gasteiger partial charge in [-0.15, -0.1) is 6.58 Å². The van der Waals surface area contributed by atoms with Crippen molar-refractivity contribution in [2.45, 2.75) is 26.3 Å². The van der Waals surface area contributed by atoms with Gasteiger partial charge in [0.05, 0.1) is 11.8 Å². The van der Waals surface area contributed by atoms with E-state index >= 15 is 0 Å². The van der Waals surface area contributed by atoms with E-state index in [1.807, 2.05) is 13.8 Å². The molecule has 15 heavy (non-hydrogen) atoms. The number of hydrogen-bond donors (Lipinski definition) is 2. The molecule has 2 N–H and O–H groups in total. The first-order valence-corrected chi connectivity index (χ1v) is 5.25. The van der Waals surface area contributed by atoms with Gasteiger partial charge in [0, 0.05) is 12.6 Å². The third kappa shape index (κ3) is 3.38. The van der Waals surface area contributed by atoms with Gasteiger partial charge in [-0.2, -0.15) is 0 Å². The van der Waals surface area contributed by atoms with Gasteiger partial charge >= 0.3 is 0 Å². The predicted molar refractivity (Wildman–Crippen MR) is 58.1 cm³/mol. The van der Waals surface area contributed by atoms with E-state index < -0.39 is 0 Å². The Hall–Kier alpha value is -1.32. The van der Waals surface area contributed by atoms with E-state index in [0.29, 0.717) is 13.0 Å². The van der Waals surface area contributed by atoms with Crippen LogP contribution in [0.4, 0.5) is 0 Å². The molecule has 1 aliphatic rings. The zero-order valence-electron chi connectivity index (χ0n) is 9.25. The van der Waals surface area contributed by atoms with Crippen molar-refractivity contribution in [2.24, 2.45) is 11.8 Å². The van der Waals surface area contributed by atoms with Gasteiger partial charge in [-0.3, -0.25) is 9.59 Å². The largest absolute Gasteiger partial charge is 0.354 e. The topological polar surface area (TPSA) is 58.2 Å². The second kappa shape index (κ2) is 4.96. The minimum absolute atomic E-state index is 0.0104. The molecule has 0 saturated heterocycles. The SMILES string of the molecule is C=CCNC(=O)C1CC1C(=O)NC(C)C. The van der Waals surface area contributed by atoms with Gasteiger partial charge in [0.15, 0.2) is 0 Å². The average Bonchev–Trinajstić information content (AvgIpc) is 2.92. The highest BCUT2D eigenvalue weighted by Gasteiger charge is 2.47. The molecule has 1 rings (SSSR count). The van der Waals surface area contributed by atoms with Crippen molar-refractivity contribution in [2.75, 3.05) is 6.54 Å². The molecule has 0 spiro atoms. The standard InChI is InChI=1S/C11H18N2O2/c1-4-5-12-10(14)8-6-9(8)11(15)13-7(2)3/h4,7-9H,1,5-6H2,2-3H3,(H,12,14)(H,13,15). The summed E-state index contributed by atoms with van der Waals surface area (Å²) in [5, 5.41) is 5.50. The number of carbonyl (C=O) groups is 2. The van der Waals surface area contributed by atoms with Crippen molar-refractivity contribution >= 4 is 11.8 Å². The Labute approximate surface area is 90.1 Å². The summed E-state index contributed by atoms with van der Waals surface area (Å²) < 4.78 is 0. The molecule has 4 heteroatoms. The van der Waals surface area contributed by atoms with Gasteiger partial charge in [-0.25, -0.2) is 0 Å². The fourth-order valence-corrected chi connectivity index (χ4v) is 1.47. The second-order valence-corrected chi connectivity index (χ2v) is 4.15. The number of hydrogen-bond acceptors (Lipinski definition) is 2.